The number of halogens is 5. The number of hydrogen-bond donors (Lipinski definition) is 2. The number of carbonyl (C=O) groups is 1. The Morgan fingerprint density at radius 3 is 2.36 bits per heavy atom. The van der Waals surface area contributed by atoms with Crippen molar-refractivity contribution in [1.82, 2.24) is 5.32 Å². The van der Waals surface area contributed by atoms with Crippen molar-refractivity contribution in [2.75, 3.05) is 6.54 Å². The van der Waals surface area contributed by atoms with Crippen LogP contribution >= 0.6 is 12.4 Å². The molecule has 1 aromatic rings. The number of benzene rings is 1. The van der Waals surface area contributed by atoms with E-state index in [0.29, 0.717) is 25.0 Å². The fourth-order valence-electron chi connectivity index (χ4n) is 2.63. The first kappa shape index (κ1) is 18.7. The van der Waals surface area contributed by atoms with Gasteiger partial charge in [-0.15, -0.1) is 12.4 Å². The lowest BCUT2D eigenvalue weighted by atomic mass is 9.97. The van der Waals surface area contributed by atoms with Crippen molar-refractivity contribution in [2.24, 2.45) is 5.73 Å². The topological polar surface area (TPSA) is 55.1 Å². The highest BCUT2D eigenvalue weighted by Gasteiger charge is 2.36. The Morgan fingerprint density at radius 1 is 1.27 bits per heavy atom. The van der Waals surface area contributed by atoms with E-state index in [-0.39, 0.29) is 24.5 Å². The number of nitrogens with two attached hydrogens (primary N) is 1. The van der Waals surface area contributed by atoms with Gasteiger partial charge in [0.05, 0.1) is 11.1 Å². The van der Waals surface area contributed by atoms with Crippen molar-refractivity contribution in [3.63, 3.8) is 0 Å². The van der Waals surface area contributed by atoms with Gasteiger partial charge in [0.1, 0.15) is 5.82 Å². The highest BCUT2D eigenvalue weighted by molar-refractivity contribution is 5.95. The second kappa shape index (κ2) is 6.83. The molecular formula is C14H17ClF4N2O. The monoisotopic (exact) mass is 340 g/mol. The molecule has 0 bridgehead atoms. The molecule has 3 N–H and O–H groups in total. The van der Waals surface area contributed by atoms with Gasteiger partial charge in [0.15, 0.2) is 0 Å². The van der Waals surface area contributed by atoms with E-state index in [1.165, 1.54) is 0 Å². The lowest BCUT2D eigenvalue weighted by Crippen LogP contribution is -2.51. The molecule has 1 amide bonds. The molecule has 0 atom stereocenters. The van der Waals surface area contributed by atoms with Crippen molar-refractivity contribution >= 4 is 18.3 Å². The van der Waals surface area contributed by atoms with Crippen molar-refractivity contribution in [2.45, 2.75) is 37.4 Å². The minimum Gasteiger partial charge on any atom is -0.345 e. The summed E-state index contributed by atoms with van der Waals surface area (Å²) in [6.07, 6.45) is -1.62. The standard InChI is InChI=1S/C14H16F4N2O.ClH/c15-11-4-3-9(7-10(11)14(16,17)18)12(21)20-13(8-19)5-1-2-6-13;/h3-4,7H,1-2,5-6,8,19H2,(H,20,21);1H. The first-order valence-corrected chi connectivity index (χ1v) is 6.67. The third-order valence-electron chi connectivity index (χ3n) is 3.86. The molecule has 0 unspecified atom stereocenters. The van der Waals surface area contributed by atoms with Crippen LogP contribution in [0.4, 0.5) is 17.6 Å². The van der Waals surface area contributed by atoms with E-state index in [1.807, 2.05) is 0 Å². The second-order valence-electron chi connectivity index (χ2n) is 5.34. The van der Waals surface area contributed by atoms with Crippen LogP contribution in [0.25, 0.3) is 0 Å². The lowest BCUT2D eigenvalue weighted by molar-refractivity contribution is -0.140. The van der Waals surface area contributed by atoms with Crippen LogP contribution in [0.15, 0.2) is 18.2 Å². The molecule has 2 rings (SSSR count). The number of nitrogens with one attached hydrogen (secondary N) is 1. The zero-order chi connectivity index (χ0) is 15.7. The molecule has 0 radical (unpaired) electrons. The summed E-state index contributed by atoms with van der Waals surface area (Å²) in [6, 6.07) is 2.23. The summed E-state index contributed by atoms with van der Waals surface area (Å²) in [6.45, 7) is 0.228. The largest absolute Gasteiger partial charge is 0.419 e. The Morgan fingerprint density at radius 2 is 1.86 bits per heavy atom. The second-order valence-corrected chi connectivity index (χ2v) is 5.34. The summed E-state index contributed by atoms with van der Waals surface area (Å²) < 4.78 is 51.1. The maximum Gasteiger partial charge on any atom is 0.419 e. The molecule has 1 aliphatic carbocycles. The Bertz CT molecular complexity index is 542. The summed E-state index contributed by atoms with van der Waals surface area (Å²) in [5.41, 5.74) is 3.44. The van der Waals surface area contributed by atoms with Crippen LogP contribution in [-0.4, -0.2) is 18.0 Å². The van der Waals surface area contributed by atoms with E-state index in [0.717, 1.165) is 18.9 Å². The van der Waals surface area contributed by atoms with Crippen LogP contribution in [0.1, 0.15) is 41.6 Å². The molecule has 3 nitrogen and oxygen atoms in total. The van der Waals surface area contributed by atoms with E-state index in [4.69, 9.17) is 5.73 Å². The summed E-state index contributed by atoms with van der Waals surface area (Å²) in [4.78, 5) is 12.1. The molecule has 22 heavy (non-hydrogen) atoms. The minimum atomic E-state index is -4.83. The van der Waals surface area contributed by atoms with Crippen LogP contribution in [0, 0.1) is 5.82 Å². The van der Waals surface area contributed by atoms with Gasteiger partial charge >= 0.3 is 6.18 Å². The number of amides is 1. The highest BCUT2D eigenvalue weighted by Crippen LogP contribution is 2.32. The molecule has 1 fully saturated rings. The van der Waals surface area contributed by atoms with Gasteiger partial charge in [-0.2, -0.15) is 13.2 Å². The lowest BCUT2D eigenvalue weighted by Gasteiger charge is -2.28. The van der Waals surface area contributed by atoms with E-state index < -0.39 is 29.0 Å². The fraction of sp³-hybridized carbons (Fsp3) is 0.500. The maximum absolute atomic E-state index is 13.2. The molecule has 8 heteroatoms. The molecule has 0 heterocycles. The number of carbonyl (C=O) groups excluding carboxylic acids is 1. The quantitative estimate of drug-likeness (QED) is 0.830. The van der Waals surface area contributed by atoms with Gasteiger partial charge in [0.2, 0.25) is 0 Å². The van der Waals surface area contributed by atoms with E-state index in [1.54, 1.807) is 0 Å². The molecule has 1 saturated carbocycles. The van der Waals surface area contributed by atoms with Gasteiger partial charge in [-0.1, -0.05) is 12.8 Å². The predicted octanol–water partition coefficient (Wildman–Crippen LogP) is 3.27. The van der Waals surface area contributed by atoms with Crippen LogP contribution in [0.5, 0.6) is 0 Å². The molecule has 124 valence electrons. The third kappa shape index (κ3) is 3.89. The highest BCUT2D eigenvalue weighted by atomic mass is 35.5. The molecular weight excluding hydrogens is 324 g/mol. The number of rotatable bonds is 3. The summed E-state index contributed by atoms with van der Waals surface area (Å²) in [7, 11) is 0. The third-order valence-corrected chi connectivity index (χ3v) is 3.86. The summed E-state index contributed by atoms with van der Waals surface area (Å²) >= 11 is 0. The van der Waals surface area contributed by atoms with Crippen molar-refractivity contribution in [1.29, 1.82) is 0 Å². The smallest absolute Gasteiger partial charge is 0.345 e. The summed E-state index contributed by atoms with van der Waals surface area (Å²) in [5.74, 6) is -2.05. The van der Waals surface area contributed by atoms with Crippen LogP contribution < -0.4 is 11.1 Å². The number of alkyl halides is 3. The van der Waals surface area contributed by atoms with Gasteiger partial charge in [0.25, 0.3) is 5.91 Å². The SMILES string of the molecule is Cl.NCC1(NC(=O)c2ccc(F)c(C(F)(F)F)c2)CCCC1. The predicted molar refractivity (Wildman–Crippen MR) is 76.4 cm³/mol. The van der Waals surface area contributed by atoms with Crippen LogP contribution in [0.3, 0.4) is 0 Å². The minimum absolute atomic E-state index is 0. The van der Waals surface area contributed by atoms with Crippen molar-refractivity contribution < 1.29 is 22.4 Å². The van der Waals surface area contributed by atoms with E-state index in [9.17, 15) is 22.4 Å². The Hall–Kier alpha value is -1.34. The average molecular weight is 341 g/mol. The molecule has 0 saturated heterocycles. The first-order chi connectivity index (χ1) is 9.77. The van der Waals surface area contributed by atoms with Gasteiger partial charge in [-0.3, -0.25) is 4.79 Å². The zero-order valence-electron chi connectivity index (χ0n) is 11.7. The van der Waals surface area contributed by atoms with Gasteiger partial charge in [-0.05, 0) is 31.0 Å². The summed E-state index contributed by atoms with van der Waals surface area (Å²) in [5, 5.41) is 2.70. The van der Waals surface area contributed by atoms with Crippen molar-refractivity contribution in [3.05, 3.63) is 35.1 Å². The Labute approximate surface area is 131 Å². The van der Waals surface area contributed by atoms with Crippen LogP contribution in [-0.2, 0) is 6.18 Å². The van der Waals surface area contributed by atoms with Crippen LogP contribution in [0.2, 0.25) is 0 Å². The first-order valence-electron chi connectivity index (χ1n) is 6.67. The Balaban J connectivity index is 0.00000242. The average Bonchev–Trinajstić information content (AvgIpc) is 2.87. The van der Waals surface area contributed by atoms with Gasteiger partial charge in [0, 0.05) is 12.1 Å². The number of hydrogen-bond acceptors (Lipinski definition) is 2. The molecule has 0 aliphatic heterocycles. The fourth-order valence-corrected chi connectivity index (χ4v) is 2.63. The zero-order valence-corrected chi connectivity index (χ0v) is 12.5. The maximum atomic E-state index is 13.2. The molecule has 0 spiro atoms. The van der Waals surface area contributed by atoms with E-state index >= 15 is 0 Å². The molecule has 1 aromatic carbocycles. The Kier molecular flexibility index (Phi) is 5.81. The van der Waals surface area contributed by atoms with Gasteiger partial charge in [-0.25, -0.2) is 4.39 Å². The molecule has 1 aliphatic rings. The van der Waals surface area contributed by atoms with Crippen molar-refractivity contribution in [3.8, 4) is 0 Å². The van der Waals surface area contributed by atoms with E-state index in [2.05, 4.69) is 5.32 Å². The van der Waals surface area contributed by atoms with Gasteiger partial charge < -0.3 is 11.1 Å². The molecule has 0 aromatic heterocycles. The normalized spacial score (nSPS) is 17.0.